The van der Waals surface area contributed by atoms with Crippen molar-refractivity contribution in [2.24, 2.45) is 0 Å². The minimum atomic E-state index is -0.544. The summed E-state index contributed by atoms with van der Waals surface area (Å²) in [6, 6.07) is 3.05. The summed E-state index contributed by atoms with van der Waals surface area (Å²) in [5.74, 6) is 0.395. The van der Waals surface area contributed by atoms with Crippen LogP contribution in [0.15, 0.2) is 24.5 Å². The third-order valence-corrected chi connectivity index (χ3v) is 2.33. The molecule has 2 heterocycles. The van der Waals surface area contributed by atoms with Crippen molar-refractivity contribution in [2.75, 3.05) is 5.32 Å². The Kier molecular flexibility index (Phi) is 3.20. The highest BCUT2D eigenvalue weighted by atomic mass is 35.5. The van der Waals surface area contributed by atoms with Crippen molar-refractivity contribution in [1.29, 1.82) is 0 Å². The van der Waals surface area contributed by atoms with Gasteiger partial charge in [-0.15, -0.1) is 0 Å². The smallest absolute Gasteiger partial charge is 0.289 e. The van der Waals surface area contributed by atoms with Crippen molar-refractivity contribution in [2.45, 2.75) is 6.54 Å². The number of nitrogens with one attached hydrogen (secondary N) is 2. The van der Waals surface area contributed by atoms with Crippen LogP contribution in [0.25, 0.3) is 0 Å². The van der Waals surface area contributed by atoms with E-state index in [0.29, 0.717) is 12.4 Å². The summed E-state index contributed by atoms with van der Waals surface area (Å²) in [5.41, 5.74) is 0.725. The highest BCUT2D eigenvalue weighted by Gasteiger charge is 2.10. The molecular weight excluding hydrogens is 246 g/mol. The van der Waals surface area contributed by atoms with Crippen molar-refractivity contribution in [3.8, 4) is 0 Å². The lowest BCUT2D eigenvalue weighted by molar-refractivity contribution is -0.385. The van der Waals surface area contributed by atoms with E-state index in [1.54, 1.807) is 12.3 Å². The highest BCUT2D eigenvalue weighted by Crippen LogP contribution is 2.23. The number of halogens is 1. The molecule has 0 radical (unpaired) electrons. The Morgan fingerprint density at radius 1 is 1.59 bits per heavy atom. The van der Waals surface area contributed by atoms with Gasteiger partial charge < -0.3 is 5.32 Å². The number of aromatic nitrogens is 3. The zero-order chi connectivity index (χ0) is 12.3. The van der Waals surface area contributed by atoms with Crippen LogP contribution < -0.4 is 5.32 Å². The van der Waals surface area contributed by atoms with Crippen LogP contribution in [-0.2, 0) is 6.54 Å². The van der Waals surface area contributed by atoms with E-state index in [2.05, 4.69) is 20.5 Å². The van der Waals surface area contributed by atoms with Gasteiger partial charge in [-0.05, 0) is 6.07 Å². The monoisotopic (exact) mass is 253 g/mol. The first kappa shape index (κ1) is 11.3. The Balaban J connectivity index is 2.09. The molecule has 88 valence electrons. The quantitative estimate of drug-likeness (QED) is 0.641. The third kappa shape index (κ3) is 2.70. The highest BCUT2D eigenvalue weighted by molar-refractivity contribution is 6.33. The molecule has 0 spiro atoms. The van der Waals surface area contributed by atoms with Gasteiger partial charge >= 0.3 is 0 Å². The molecule has 0 unspecified atom stereocenters. The van der Waals surface area contributed by atoms with Crippen LogP contribution >= 0.6 is 11.6 Å². The Bertz CT molecular complexity index is 528. The molecule has 2 N–H and O–H groups in total. The topological polar surface area (TPSA) is 96.7 Å². The molecule has 17 heavy (non-hydrogen) atoms. The largest absolute Gasteiger partial charge is 0.363 e. The molecule has 0 aromatic carbocycles. The van der Waals surface area contributed by atoms with Crippen LogP contribution in [0.2, 0.25) is 5.02 Å². The molecule has 2 rings (SSSR count). The maximum Gasteiger partial charge on any atom is 0.289 e. The first-order valence-corrected chi connectivity index (χ1v) is 5.06. The molecule has 7 nitrogen and oxygen atoms in total. The van der Waals surface area contributed by atoms with E-state index in [-0.39, 0.29) is 10.7 Å². The number of H-pyrrole nitrogens is 1. The Hall–Kier alpha value is -2.15. The number of rotatable bonds is 4. The van der Waals surface area contributed by atoms with E-state index in [0.717, 1.165) is 11.9 Å². The van der Waals surface area contributed by atoms with E-state index in [4.69, 9.17) is 11.6 Å². The predicted octanol–water partition coefficient (Wildman–Crippen LogP) is 1.98. The number of nitro groups is 1. The standard InChI is InChI=1S/C9H8ClN5O2/c10-8-3-7(15(16)17)5-12-9(8)11-4-6-1-2-13-14-6/h1-3,5H,4H2,(H,11,12)(H,13,14). The van der Waals surface area contributed by atoms with Gasteiger partial charge in [0.15, 0.2) is 0 Å². The molecule has 0 saturated carbocycles. The molecule has 2 aromatic heterocycles. The number of anilines is 1. The van der Waals surface area contributed by atoms with Crippen LogP contribution in [0, 0.1) is 10.1 Å². The van der Waals surface area contributed by atoms with E-state index in [1.807, 2.05) is 0 Å². The SMILES string of the molecule is O=[N+]([O-])c1cnc(NCc2ccn[nH]2)c(Cl)c1. The second kappa shape index (κ2) is 4.79. The average molecular weight is 254 g/mol. The molecule has 0 atom stereocenters. The van der Waals surface area contributed by atoms with E-state index in [1.165, 1.54) is 6.07 Å². The molecule has 0 saturated heterocycles. The number of pyridine rings is 1. The van der Waals surface area contributed by atoms with Gasteiger partial charge in [0.25, 0.3) is 5.69 Å². The fraction of sp³-hybridized carbons (Fsp3) is 0.111. The summed E-state index contributed by atoms with van der Waals surface area (Å²) in [6.45, 7) is 0.463. The van der Waals surface area contributed by atoms with E-state index >= 15 is 0 Å². The van der Waals surface area contributed by atoms with Crippen molar-refractivity contribution in [1.82, 2.24) is 15.2 Å². The summed E-state index contributed by atoms with van der Waals surface area (Å²) in [4.78, 5) is 13.8. The second-order valence-electron chi connectivity index (χ2n) is 3.22. The first-order chi connectivity index (χ1) is 8.16. The van der Waals surface area contributed by atoms with Gasteiger partial charge in [-0.1, -0.05) is 11.6 Å². The van der Waals surface area contributed by atoms with Gasteiger partial charge in [0.2, 0.25) is 0 Å². The summed E-state index contributed by atoms with van der Waals surface area (Å²) in [5, 5.41) is 20.2. The van der Waals surface area contributed by atoms with E-state index in [9.17, 15) is 10.1 Å². The van der Waals surface area contributed by atoms with Crippen LogP contribution in [0.5, 0.6) is 0 Å². The Morgan fingerprint density at radius 3 is 3.00 bits per heavy atom. The minimum absolute atomic E-state index is 0.137. The maximum atomic E-state index is 10.5. The molecule has 0 aliphatic rings. The minimum Gasteiger partial charge on any atom is -0.363 e. The lowest BCUT2D eigenvalue weighted by Gasteiger charge is -2.05. The van der Waals surface area contributed by atoms with Gasteiger partial charge in [-0.3, -0.25) is 15.2 Å². The van der Waals surface area contributed by atoms with Gasteiger partial charge in [-0.25, -0.2) is 4.98 Å². The second-order valence-corrected chi connectivity index (χ2v) is 3.62. The molecule has 0 aliphatic carbocycles. The van der Waals surface area contributed by atoms with Crippen LogP contribution in [0.4, 0.5) is 11.5 Å². The van der Waals surface area contributed by atoms with Crippen molar-refractivity contribution < 1.29 is 4.92 Å². The molecule has 8 heteroatoms. The normalized spacial score (nSPS) is 10.2. The van der Waals surface area contributed by atoms with Gasteiger partial charge in [-0.2, -0.15) is 5.10 Å². The van der Waals surface area contributed by atoms with Crippen LogP contribution in [0.3, 0.4) is 0 Å². The predicted molar refractivity (Wildman–Crippen MR) is 61.8 cm³/mol. The number of hydrogen-bond donors (Lipinski definition) is 2. The molecule has 0 fully saturated rings. The fourth-order valence-electron chi connectivity index (χ4n) is 1.22. The summed E-state index contributed by atoms with van der Waals surface area (Å²) >= 11 is 5.86. The zero-order valence-electron chi connectivity index (χ0n) is 8.55. The molecular formula is C9H8ClN5O2. The maximum absolute atomic E-state index is 10.5. The summed E-state index contributed by atoms with van der Waals surface area (Å²) < 4.78 is 0. The van der Waals surface area contributed by atoms with Gasteiger partial charge in [0.05, 0.1) is 22.2 Å². The molecule has 0 bridgehead atoms. The summed E-state index contributed by atoms with van der Waals surface area (Å²) in [7, 11) is 0. The Morgan fingerprint density at radius 2 is 2.41 bits per heavy atom. The van der Waals surface area contributed by atoms with Crippen molar-refractivity contribution in [3.63, 3.8) is 0 Å². The lowest BCUT2D eigenvalue weighted by Crippen LogP contribution is -2.03. The zero-order valence-corrected chi connectivity index (χ0v) is 9.31. The van der Waals surface area contributed by atoms with Gasteiger partial charge in [0.1, 0.15) is 12.0 Å². The number of nitrogens with zero attached hydrogens (tertiary/aromatic N) is 3. The molecule has 0 aliphatic heterocycles. The number of hydrogen-bond acceptors (Lipinski definition) is 5. The lowest BCUT2D eigenvalue weighted by atomic mass is 10.4. The average Bonchev–Trinajstić information content (AvgIpc) is 2.80. The molecule has 0 amide bonds. The first-order valence-electron chi connectivity index (χ1n) is 4.69. The van der Waals surface area contributed by atoms with Crippen LogP contribution in [0.1, 0.15) is 5.69 Å². The Labute approximate surface area is 101 Å². The van der Waals surface area contributed by atoms with E-state index < -0.39 is 4.92 Å². The fourth-order valence-corrected chi connectivity index (χ4v) is 1.45. The van der Waals surface area contributed by atoms with Gasteiger partial charge in [0, 0.05) is 12.3 Å². The van der Waals surface area contributed by atoms with Crippen LogP contribution in [-0.4, -0.2) is 20.1 Å². The van der Waals surface area contributed by atoms with Crippen molar-refractivity contribution in [3.05, 3.63) is 45.4 Å². The summed E-state index contributed by atoms with van der Waals surface area (Å²) in [6.07, 6.45) is 2.78. The number of aromatic amines is 1. The third-order valence-electron chi connectivity index (χ3n) is 2.04. The van der Waals surface area contributed by atoms with Crippen molar-refractivity contribution >= 4 is 23.1 Å². The molecule has 2 aromatic rings.